The van der Waals surface area contributed by atoms with E-state index in [2.05, 4.69) is 17.2 Å². The van der Waals surface area contributed by atoms with Gasteiger partial charge in [0, 0.05) is 18.7 Å². The van der Waals surface area contributed by atoms with Gasteiger partial charge in [-0.2, -0.15) is 0 Å². The largest absolute Gasteiger partial charge is 0.508 e. The molecule has 43 heavy (non-hydrogen) atoms. The molecule has 2 unspecified atom stereocenters. The summed E-state index contributed by atoms with van der Waals surface area (Å²) in [7, 11) is 1.54. The van der Waals surface area contributed by atoms with Crippen molar-refractivity contribution in [2.75, 3.05) is 19.0 Å². The van der Waals surface area contributed by atoms with Crippen molar-refractivity contribution in [1.29, 1.82) is 0 Å². The molecule has 3 rings (SSSR count). The molecule has 3 aromatic rings. The molecule has 4 N–H and O–H groups in total. The van der Waals surface area contributed by atoms with Crippen LogP contribution in [0.4, 0.5) is 10.5 Å². The minimum atomic E-state index is -1.17. The van der Waals surface area contributed by atoms with E-state index < -0.39 is 35.6 Å². The highest BCUT2D eigenvalue weighted by atomic mass is 16.6. The van der Waals surface area contributed by atoms with E-state index in [1.165, 1.54) is 36.3 Å². The van der Waals surface area contributed by atoms with Crippen LogP contribution in [0.15, 0.2) is 79.4 Å². The third-order valence-electron chi connectivity index (χ3n) is 6.43. The van der Waals surface area contributed by atoms with Crippen molar-refractivity contribution in [3.05, 3.63) is 96.1 Å². The summed E-state index contributed by atoms with van der Waals surface area (Å²) in [5.41, 5.74) is 1.27. The highest BCUT2D eigenvalue weighted by Crippen LogP contribution is 2.29. The van der Waals surface area contributed by atoms with E-state index in [4.69, 9.17) is 9.47 Å². The Bertz CT molecular complexity index is 1430. The number of hydrogen-bond acceptors (Lipinski definition) is 7. The predicted octanol–water partition coefficient (Wildman–Crippen LogP) is 5.25. The summed E-state index contributed by atoms with van der Waals surface area (Å²) in [6, 6.07) is 15.3. The summed E-state index contributed by atoms with van der Waals surface area (Å²) >= 11 is 0. The third-order valence-corrected chi connectivity index (χ3v) is 6.43. The maximum atomic E-state index is 14.3. The molecular formula is C33H39N3O7. The molecule has 0 aliphatic carbocycles. The first-order chi connectivity index (χ1) is 20.3. The molecule has 0 heterocycles. The Hall–Kier alpha value is -4.99. The van der Waals surface area contributed by atoms with E-state index in [1.54, 1.807) is 76.2 Å². The maximum Gasteiger partial charge on any atom is 0.408 e. The molecule has 0 bridgehead atoms. The van der Waals surface area contributed by atoms with Crippen LogP contribution in [0.3, 0.4) is 0 Å². The number of amides is 3. The highest BCUT2D eigenvalue weighted by molar-refractivity contribution is 5.99. The molecule has 0 fully saturated rings. The topological polar surface area (TPSA) is 137 Å². The number of nitrogens with one attached hydrogen (secondary N) is 2. The highest BCUT2D eigenvalue weighted by Gasteiger charge is 2.36. The number of phenolic OH excluding ortho intramolecular Hbond substituents is 2. The van der Waals surface area contributed by atoms with Crippen LogP contribution in [0.5, 0.6) is 17.2 Å². The van der Waals surface area contributed by atoms with Crippen LogP contribution in [0, 0.1) is 6.92 Å². The van der Waals surface area contributed by atoms with Gasteiger partial charge in [0.1, 0.15) is 34.9 Å². The SMILES string of the molecule is C=CCN(C(=O)C(Cc1ccc(O)cc1)NC(=O)OC(C)(C)C)C(C(=O)Nc1ccc(OC)cc1)c1ccc(O)c(C)c1. The van der Waals surface area contributed by atoms with Gasteiger partial charge in [-0.3, -0.25) is 9.59 Å². The van der Waals surface area contributed by atoms with Crippen molar-refractivity contribution < 1.29 is 34.1 Å². The lowest BCUT2D eigenvalue weighted by Gasteiger charge is -2.34. The number of benzene rings is 3. The first-order valence-corrected chi connectivity index (χ1v) is 13.7. The van der Waals surface area contributed by atoms with Crippen LogP contribution in [-0.4, -0.2) is 58.3 Å². The van der Waals surface area contributed by atoms with Crippen molar-refractivity contribution in [2.24, 2.45) is 0 Å². The summed E-state index contributed by atoms with van der Waals surface area (Å²) in [5, 5.41) is 25.4. The lowest BCUT2D eigenvalue weighted by molar-refractivity contribution is -0.140. The molecule has 0 saturated carbocycles. The van der Waals surface area contributed by atoms with Crippen LogP contribution >= 0.6 is 0 Å². The average Bonchev–Trinajstić information content (AvgIpc) is 2.94. The number of ether oxygens (including phenoxy) is 2. The molecule has 3 amide bonds. The molecular weight excluding hydrogens is 550 g/mol. The molecule has 0 aliphatic rings. The number of carbonyl (C=O) groups is 3. The minimum Gasteiger partial charge on any atom is -0.508 e. The number of aromatic hydroxyl groups is 2. The number of hydrogen-bond donors (Lipinski definition) is 4. The lowest BCUT2D eigenvalue weighted by Crippen LogP contribution is -2.53. The van der Waals surface area contributed by atoms with Crippen LogP contribution in [0.25, 0.3) is 0 Å². The zero-order valence-corrected chi connectivity index (χ0v) is 25.1. The Balaban J connectivity index is 2.06. The van der Waals surface area contributed by atoms with E-state index in [-0.39, 0.29) is 24.5 Å². The molecule has 0 radical (unpaired) electrons. The molecule has 0 spiro atoms. The Morgan fingerprint density at radius 3 is 2.21 bits per heavy atom. The summed E-state index contributed by atoms with van der Waals surface area (Å²) in [4.78, 5) is 42.5. The fourth-order valence-corrected chi connectivity index (χ4v) is 4.39. The van der Waals surface area contributed by atoms with Gasteiger partial charge in [0.05, 0.1) is 7.11 Å². The molecule has 10 heteroatoms. The van der Waals surface area contributed by atoms with Crippen LogP contribution in [0.1, 0.15) is 43.5 Å². The van der Waals surface area contributed by atoms with E-state index in [0.29, 0.717) is 28.1 Å². The quantitative estimate of drug-likeness (QED) is 0.224. The standard InChI is InChI=1S/C33H39N3O7/c1-7-18-36(31(40)27(35-32(41)43-33(3,4)5)20-22-8-13-25(37)14-9-22)29(23-10-17-28(38)21(2)19-23)30(39)34-24-11-15-26(42-6)16-12-24/h7-17,19,27,29,37-38H,1,18,20H2,2-6H3,(H,34,39)(H,35,41). The van der Waals surface area contributed by atoms with Crippen molar-refractivity contribution >= 4 is 23.6 Å². The second kappa shape index (κ2) is 14.3. The first-order valence-electron chi connectivity index (χ1n) is 13.7. The second-order valence-electron chi connectivity index (χ2n) is 11.0. The Morgan fingerprint density at radius 2 is 1.65 bits per heavy atom. The molecule has 0 aliphatic heterocycles. The second-order valence-corrected chi connectivity index (χ2v) is 11.0. The van der Waals surface area contributed by atoms with Crippen LogP contribution < -0.4 is 15.4 Å². The first kappa shape index (κ1) is 32.5. The number of nitrogens with zero attached hydrogens (tertiary/aromatic N) is 1. The average molecular weight is 590 g/mol. The summed E-state index contributed by atoms with van der Waals surface area (Å²) in [6.07, 6.45) is 0.736. The molecule has 10 nitrogen and oxygen atoms in total. The third kappa shape index (κ3) is 9.26. The Labute approximate surface area is 251 Å². The fourth-order valence-electron chi connectivity index (χ4n) is 4.39. The number of carbonyl (C=O) groups excluding carboxylic acids is 3. The molecule has 0 aromatic heterocycles. The molecule has 2 atom stereocenters. The zero-order valence-electron chi connectivity index (χ0n) is 25.1. The van der Waals surface area contributed by atoms with Gasteiger partial charge >= 0.3 is 6.09 Å². The number of anilines is 1. The van der Waals surface area contributed by atoms with Gasteiger partial charge in [0.2, 0.25) is 5.91 Å². The number of rotatable bonds is 11. The molecule has 0 saturated heterocycles. The summed E-state index contributed by atoms with van der Waals surface area (Å²) < 4.78 is 10.6. The van der Waals surface area contributed by atoms with Crippen molar-refractivity contribution in [3.8, 4) is 17.2 Å². The maximum absolute atomic E-state index is 14.3. The Morgan fingerprint density at radius 1 is 1.00 bits per heavy atom. The van der Waals surface area contributed by atoms with Crippen molar-refractivity contribution in [2.45, 2.75) is 51.8 Å². The van der Waals surface area contributed by atoms with Crippen molar-refractivity contribution in [1.82, 2.24) is 10.2 Å². The number of methoxy groups -OCH3 is 1. The van der Waals surface area contributed by atoms with E-state index in [9.17, 15) is 24.6 Å². The minimum absolute atomic E-state index is 0.0384. The zero-order chi connectivity index (χ0) is 31.7. The number of alkyl carbamates (subject to hydrolysis) is 1. The normalized spacial score (nSPS) is 12.4. The van der Waals surface area contributed by atoms with Crippen molar-refractivity contribution in [3.63, 3.8) is 0 Å². The van der Waals surface area contributed by atoms with Gasteiger partial charge in [-0.25, -0.2) is 4.79 Å². The number of phenols is 2. The van der Waals surface area contributed by atoms with Gasteiger partial charge in [-0.1, -0.05) is 24.3 Å². The Kier molecular flexibility index (Phi) is 10.8. The molecule has 3 aromatic carbocycles. The molecule has 228 valence electrons. The fraction of sp³-hybridized carbons (Fsp3) is 0.303. The van der Waals surface area contributed by atoms with Gasteiger partial charge in [-0.05, 0) is 92.9 Å². The lowest BCUT2D eigenvalue weighted by atomic mass is 9.98. The van der Waals surface area contributed by atoms with Crippen LogP contribution in [-0.2, 0) is 20.7 Å². The van der Waals surface area contributed by atoms with Gasteiger partial charge in [0.25, 0.3) is 5.91 Å². The van der Waals surface area contributed by atoms with E-state index in [1.807, 2.05) is 0 Å². The van der Waals surface area contributed by atoms with Crippen LogP contribution in [0.2, 0.25) is 0 Å². The smallest absolute Gasteiger partial charge is 0.408 e. The number of aryl methyl sites for hydroxylation is 1. The van der Waals surface area contributed by atoms with Gasteiger partial charge in [0.15, 0.2) is 0 Å². The van der Waals surface area contributed by atoms with Gasteiger partial charge < -0.3 is 35.2 Å². The summed E-state index contributed by atoms with van der Waals surface area (Å²) in [6.45, 7) is 10.6. The van der Waals surface area contributed by atoms with E-state index in [0.717, 1.165) is 0 Å². The summed E-state index contributed by atoms with van der Waals surface area (Å²) in [5.74, 6) is -0.391. The van der Waals surface area contributed by atoms with E-state index >= 15 is 0 Å². The van der Waals surface area contributed by atoms with Gasteiger partial charge in [-0.15, -0.1) is 6.58 Å². The monoisotopic (exact) mass is 589 g/mol. The predicted molar refractivity (Wildman–Crippen MR) is 164 cm³/mol.